The molecular formula is C25H34N6OS3. The first kappa shape index (κ1) is 26.3. The Morgan fingerprint density at radius 2 is 1.77 bits per heavy atom. The summed E-state index contributed by atoms with van der Waals surface area (Å²) in [6, 6.07) is 10.2. The third-order valence-corrected chi connectivity index (χ3v) is 8.40. The largest absolute Gasteiger partial charge is 0.333 e. The number of rotatable bonds is 11. The number of carbonyl (C=O) groups is 1. The first-order valence-corrected chi connectivity index (χ1v) is 15.1. The molecule has 188 valence electrons. The summed E-state index contributed by atoms with van der Waals surface area (Å²) in [6.07, 6.45) is 0. The second-order valence-electron chi connectivity index (χ2n) is 8.38. The van der Waals surface area contributed by atoms with Gasteiger partial charge >= 0.3 is 0 Å². The van der Waals surface area contributed by atoms with Crippen LogP contribution in [0.1, 0.15) is 19.5 Å². The van der Waals surface area contributed by atoms with Gasteiger partial charge in [0.2, 0.25) is 5.91 Å². The smallest absolute Gasteiger partial charge is 0.238 e. The normalized spacial score (nSPS) is 15.1. The molecule has 1 aromatic carbocycles. The first-order chi connectivity index (χ1) is 17.1. The summed E-state index contributed by atoms with van der Waals surface area (Å²) in [5, 5.41) is 5.09. The molecule has 3 heterocycles. The van der Waals surface area contributed by atoms with Gasteiger partial charge < -0.3 is 10.3 Å². The second kappa shape index (κ2) is 13.0. The zero-order valence-corrected chi connectivity index (χ0v) is 23.1. The molecule has 0 atom stereocenters. The molecule has 10 heteroatoms. The number of pyridine rings is 1. The predicted octanol–water partition coefficient (Wildman–Crippen LogP) is 4.84. The Balaban J connectivity index is 1.23. The molecular weight excluding hydrogens is 497 g/mol. The molecule has 0 bridgehead atoms. The van der Waals surface area contributed by atoms with E-state index in [1.807, 2.05) is 25.1 Å². The number of aromatic nitrogens is 3. The zero-order chi connectivity index (χ0) is 24.6. The Kier molecular flexibility index (Phi) is 9.79. The highest BCUT2D eigenvalue weighted by Gasteiger charge is 2.21. The van der Waals surface area contributed by atoms with Crippen molar-refractivity contribution in [3.63, 3.8) is 0 Å². The summed E-state index contributed by atoms with van der Waals surface area (Å²) < 4.78 is 0. The van der Waals surface area contributed by atoms with Gasteiger partial charge in [-0.3, -0.25) is 14.6 Å². The second-order valence-corrected chi connectivity index (χ2v) is 12.0. The Morgan fingerprint density at radius 3 is 2.51 bits per heavy atom. The third kappa shape index (κ3) is 7.39. The lowest BCUT2D eigenvalue weighted by Gasteiger charge is -2.34. The number of piperazine rings is 1. The zero-order valence-electron chi connectivity index (χ0n) is 20.7. The van der Waals surface area contributed by atoms with Crippen molar-refractivity contribution < 1.29 is 4.79 Å². The Bertz CT molecular complexity index is 1070. The van der Waals surface area contributed by atoms with Gasteiger partial charge in [0.1, 0.15) is 5.03 Å². The van der Waals surface area contributed by atoms with E-state index >= 15 is 0 Å². The van der Waals surface area contributed by atoms with Crippen molar-refractivity contribution >= 4 is 57.9 Å². The van der Waals surface area contributed by atoms with Gasteiger partial charge in [-0.15, -0.1) is 23.5 Å². The SMILES string of the molecule is CCSc1cc(C)nc(SCC)c1NC(=O)CN1CCN(CCSc2nc3ccccc3[nH]2)CC1. The van der Waals surface area contributed by atoms with Gasteiger partial charge in [0, 0.05) is 49.1 Å². The molecule has 35 heavy (non-hydrogen) atoms. The molecule has 0 aliphatic carbocycles. The summed E-state index contributed by atoms with van der Waals surface area (Å²) in [6.45, 7) is 11.5. The van der Waals surface area contributed by atoms with E-state index in [1.54, 1.807) is 35.3 Å². The fraction of sp³-hybridized carbons (Fsp3) is 0.480. The van der Waals surface area contributed by atoms with E-state index in [4.69, 9.17) is 0 Å². The summed E-state index contributed by atoms with van der Waals surface area (Å²) in [5.74, 6) is 2.92. The number of nitrogens with zero attached hydrogens (tertiary/aromatic N) is 4. The number of anilines is 1. The van der Waals surface area contributed by atoms with Crippen molar-refractivity contribution in [2.75, 3.05) is 61.8 Å². The van der Waals surface area contributed by atoms with Crippen molar-refractivity contribution in [1.29, 1.82) is 0 Å². The quantitative estimate of drug-likeness (QED) is 0.341. The van der Waals surface area contributed by atoms with Crippen LogP contribution < -0.4 is 5.32 Å². The van der Waals surface area contributed by atoms with Crippen molar-refractivity contribution in [3.05, 3.63) is 36.0 Å². The van der Waals surface area contributed by atoms with Gasteiger partial charge in [-0.05, 0) is 36.6 Å². The van der Waals surface area contributed by atoms with Gasteiger partial charge in [0.05, 0.1) is 23.3 Å². The van der Waals surface area contributed by atoms with Crippen LogP contribution in [0, 0.1) is 6.92 Å². The van der Waals surface area contributed by atoms with Crippen molar-refractivity contribution in [2.24, 2.45) is 0 Å². The number of carbonyl (C=O) groups excluding carboxylic acids is 1. The third-order valence-electron chi connectivity index (χ3n) is 5.77. The number of amides is 1. The average molecular weight is 531 g/mol. The lowest BCUT2D eigenvalue weighted by atomic mass is 10.3. The molecule has 1 fully saturated rings. The molecule has 0 unspecified atom stereocenters. The van der Waals surface area contributed by atoms with Crippen LogP contribution in [0.2, 0.25) is 0 Å². The number of nitrogens with one attached hydrogen (secondary N) is 2. The van der Waals surface area contributed by atoms with Gasteiger partial charge in [0.25, 0.3) is 0 Å². The number of aromatic amines is 1. The summed E-state index contributed by atoms with van der Waals surface area (Å²) in [7, 11) is 0. The number of fused-ring (bicyclic) bond motifs is 1. The van der Waals surface area contributed by atoms with Gasteiger partial charge in [-0.1, -0.05) is 37.7 Å². The van der Waals surface area contributed by atoms with Crippen LogP contribution in [0.4, 0.5) is 5.69 Å². The van der Waals surface area contributed by atoms with Crippen molar-refractivity contribution in [1.82, 2.24) is 24.8 Å². The highest BCUT2D eigenvalue weighted by molar-refractivity contribution is 8.00. The molecule has 1 saturated heterocycles. The summed E-state index contributed by atoms with van der Waals surface area (Å²) in [4.78, 5) is 31.5. The minimum Gasteiger partial charge on any atom is -0.333 e. The van der Waals surface area contributed by atoms with Crippen LogP contribution >= 0.6 is 35.3 Å². The maximum absolute atomic E-state index is 12.9. The van der Waals surface area contributed by atoms with Crippen molar-refractivity contribution in [3.8, 4) is 0 Å². The van der Waals surface area contributed by atoms with E-state index in [0.29, 0.717) is 6.54 Å². The van der Waals surface area contributed by atoms with Crippen LogP contribution in [0.3, 0.4) is 0 Å². The van der Waals surface area contributed by atoms with Crippen LogP contribution in [0.15, 0.2) is 45.4 Å². The highest BCUT2D eigenvalue weighted by atomic mass is 32.2. The minimum atomic E-state index is 0.0421. The van der Waals surface area contributed by atoms with Crippen LogP contribution in [0.5, 0.6) is 0 Å². The Hall–Kier alpha value is -1.72. The number of hydrogen-bond donors (Lipinski definition) is 2. The van der Waals surface area contributed by atoms with Crippen LogP contribution in [0.25, 0.3) is 11.0 Å². The molecule has 0 saturated carbocycles. The van der Waals surface area contributed by atoms with Gasteiger partial charge in [-0.2, -0.15) is 0 Å². The molecule has 4 rings (SSSR count). The van der Waals surface area contributed by atoms with Gasteiger partial charge in [-0.25, -0.2) is 9.97 Å². The average Bonchev–Trinajstić information content (AvgIpc) is 3.25. The summed E-state index contributed by atoms with van der Waals surface area (Å²) >= 11 is 5.21. The van der Waals surface area contributed by atoms with Crippen LogP contribution in [-0.4, -0.2) is 87.2 Å². The summed E-state index contributed by atoms with van der Waals surface area (Å²) in [5.41, 5.74) is 3.97. The standard InChI is InChI=1S/C25H34N6OS3/c1-4-33-21-16-18(3)26-24(34-5-2)23(21)29-22(32)17-31-12-10-30(11-13-31)14-15-35-25-27-19-8-6-7-9-20(19)28-25/h6-9,16H,4-5,10-15,17H2,1-3H3,(H,27,28)(H,29,32). The van der Waals surface area contributed by atoms with E-state index in [2.05, 4.69) is 56.0 Å². The molecule has 2 aromatic heterocycles. The number of para-hydroxylation sites is 2. The van der Waals surface area contributed by atoms with Crippen LogP contribution in [-0.2, 0) is 4.79 Å². The van der Waals surface area contributed by atoms with Crippen molar-refractivity contribution in [2.45, 2.75) is 35.8 Å². The maximum Gasteiger partial charge on any atom is 0.238 e. The highest BCUT2D eigenvalue weighted by Crippen LogP contribution is 2.35. The van der Waals surface area contributed by atoms with E-state index in [-0.39, 0.29) is 5.91 Å². The number of hydrogen-bond acceptors (Lipinski definition) is 8. The van der Waals surface area contributed by atoms with E-state index < -0.39 is 0 Å². The van der Waals surface area contributed by atoms with E-state index in [9.17, 15) is 4.79 Å². The minimum absolute atomic E-state index is 0.0421. The first-order valence-electron chi connectivity index (χ1n) is 12.1. The number of H-pyrrole nitrogens is 1. The predicted molar refractivity (Wildman–Crippen MR) is 150 cm³/mol. The lowest BCUT2D eigenvalue weighted by Crippen LogP contribution is -2.49. The molecule has 0 radical (unpaired) electrons. The molecule has 7 nitrogen and oxygen atoms in total. The number of benzene rings is 1. The molecule has 0 spiro atoms. The molecule has 1 aliphatic rings. The molecule has 2 N–H and O–H groups in total. The van der Waals surface area contributed by atoms with E-state index in [0.717, 1.165) is 87.5 Å². The van der Waals surface area contributed by atoms with E-state index in [1.165, 1.54) is 0 Å². The lowest BCUT2D eigenvalue weighted by molar-refractivity contribution is -0.117. The maximum atomic E-state index is 12.9. The fourth-order valence-corrected chi connectivity index (χ4v) is 6.66. The number of aryl methyl sites for hydroxylation is 1. The fourth-order valence-electron chi connectivity index (χ4n) is 4.06. The molecule has 1 amide bonds. The van der Waals surface area contributed by atoms with Gasteiger partial charge in [0.15, 0.2) is 5.16 Å². The molecule has 1 aliphatic heterocycles. The topological polar surface area (TPSA) is 77.2 Å². The number of imidazole rings is 1. The number of thioether (sulfide) groups is 3. The molecule has 3 aromatic rings. The monoisotopic (exact) mass is 530 g/mol. The Labute approximate surface area is 220 Å². The Morgan fingerprint density at radius 1 is 1.03 bits per heavy atom.